The maximum absolute atomic E-state index is 11.7. The van der Waals surface area contributed by atoms with Crippen LogP contribution in [0, 0.1) is 0 Å². The average molecular weight is 258 g/mol. The van der Waals surface area contributed by atoms with Gasteiger partial charge in [0.2, 0.25) is 6.41 Å². The van der Waals surface area contributed by atoms with E-state index >= 15 is 0 Å². The first-order valence-electron chi connectivity index (χ1n) is 5.58. The number of nitrogens with zero attached hydrogens (tertiary/aromatic N) is 1. The van der Waals surface area contributed by atoms with Crippen LogP contribution in [0.15, 0.2) is 0 Å². The zero-order chi connectivity index (χ0) is 14.0. The Labute approximate surface area is 105 Å². The van der Waals surface area contributed by atoms with E-state index in [1.54, 1.807) is 20.8 Å². The summed E-state index contributed by atoms with van der Waals surface area (Å²) in [7, 11) is 0. The van der Waals surface area contributed by atoms with E-state index in [0.717, 1.165) is 0 Å². The van der Waals surface area contributed by atoms with Crippen LogP contribution in [0.1, 0.15) is 27.2 Å². The maximum atomic E-state index is 11.7. The third-order valence-corrected chi connectivity index (χ3v) is 2.49. The van der Waals surface area contributed by atoms with Crippen LogP contribution in [0.4, 0.5) is 4.79 Å². The predicted octanol–water partition coefficient (Wildman–Crippen LogP) is 0.197. The Kier molecular flexibility index (Phi) is 3.83. The number of aliphatic carboxylic acids is 1. The summed E-state index contributed by atoms with van der Waals surface area (Å²) in [6.45, 7) is 5.54. The van der Waals surface area contributed by atoms with Gasteiger partial charge in [0.05, 0.1) is 12.0 Å². The summed E-state index contributed by atoms with van der Waals surface area (Å²) in [6, 6.07) is 0. The maximum Gasteiger partial charge on any atom is 0.410 e. The van der Waals surface area contributed by atoms with Crippen molar-refractivity contribution in [2.45, 2.75) is 38.3 Å². The molecule has 0 radical (unpaired) electrons. The number of hydrogen-bond donors (Lipinski definition) is 2. The van der Waals surface area contributed by atoms with Gasteiger partial charge in [-0.3, -0.25) is 9.59 Å². The molecular formula is C11H18N2O5. The lowest BCUT2D eigenvalue weighted by Gasteiger charge is -2.48. The fourth-order valence-electron chi connectivity index (χ4n) is 1.81. The topological polar surface area (TPSA) is 95.9 Å². The number of ether oxygens (including phenoxy) is 1. The van der Waals surface area contributed by atoms with Gasteiger partial charge in [-0.05, 0) is 20.8 Å². The molecule has 0 spiro atoms. The summed E-state index contributed by atoms with van der Waals surface area (Å²) < 4.78 is 5.14. The number of carbonyl (C=O) groups excluding carboxylic acids is 2. The monoisotopic (exact) mass is 258 g/mol. The van der Waals surface area contributed by atoms with Gasteiger partial charge in [0, 0.05) is 13.1 Å². The highest BCUT2D eigenvalue weighted by Crippen LogP contribution is 2.26. The molecule has 7 nitrogen and oxygen atoms in total. The highest BCUT2D eigenvalue weighted by atomic mass is 16.6. The number of carboxylic acid groups (broad SMARTS) is 1. The van der Waals surface area contributed by atoms with Gasteiger partial charge in [0.1, 0.15) is 5.60 Å². The molecule has 0 unspecified atom stereocenters. The highest BCUT2D eigenvalue weighted by Gasteiger charge is 2.47. The highest BCUT2D eigenvalue weighted by molar-refractivity contribution is 5.74. The molecular weight excluding hydrogens is 240 g/mol. The Hall–Kier alpha value is -1.79. The molecule has 0 bridgehead atoms. The molecule has 1 saturated heterocycles. The first kappa shape index (κ1) is 14.3. The van der Waals surface area contributed by atoms with E-state index in [-0.39, 0.29) is 19.5 Å². The zero-order valence-electron chi connectivity index (χ0n) is 10.7. The summed E-state index contributed by atoms with van der Waals surface area (Å²) >= 11 is 0. The molecule has 1 rings (SSSR count). The first-order valence-corrected chi connectivity index (χ1v) is 5.58. The second-order valence-electron chi connectivity index (χ2n) is 5.45. The standard InChI is InChI=1S/C11H18N2O5/c1-10(2,3)18-9(17)13-5-11(6-13,12-7-14)4-8(15)16/h7H,4-6H2,1-3H3,(H,12,14)(H,15,16). The summed E-state index contributed by atoms with van der Waals surface area (Å²) in [6.07, 6.45) is -0.267. The number of carboxylic acids is 1. The number of amides is 2. The number of hydrogen-bond acceptors (Lipinski definition) is 4. The van der Waals surface area contributed by atoms with Crippen LogP contribution in [-0.4, -0.2) is 52.7 Å². The minimum atomic E-state index is -1.02. The van der Waals surface area contributed by atoms with Crippen molar-refractivity contribution in [2.75, 3.05) is 13.1 Å². The van der Waals surface area contributed by atoms with Crippen molar-refractivity contribution in [3.63, 3.8) is 0 Å². The van der Waals surface area contributed by atoms with E-state index in [1.165, 1.54) is 4.90 Å². The van der Waals surface area contributed by atoms with Gasteiger partial charge in [0.15, 0.2) is 0 Å². The van der Waals surface area contributed by atoms with Gasteiger partial charge in [-0.15, -0.1) is 0 Å². The number of rotatable bonds is 4. The van der Waals surface area contributed by atoms with Gasteiger partial charge in [0.25, 0.3) is 0 Å². The largest absolute Gasteiger partial charge is 0.481 e. The molecule has 0 atom stereocenters. The van der Waals surface area contributed by atoms with E-state index in [1.807, 2.05) is 0 Å². The lowest BCUT2D eigenvalue weighted by Crippen LogP contribution is -2.71. The molecule has 0 aromatic rings. The molecule has 18 heavy (non-hydrogen) atoms. The molecule has 1 aliphatic heterocycles. The minimum Gasteiger partial charge on any atom is -0.481 e. The summed E-state index contributed by atoms with van der Waals surface area (Å²) in [5.74, 6) is -1.02. The molecule has 1 fully saturated rings. The molecule has 0 aromatic carbocycles. The predicted molar refractivity (Wildman–Crippen MR) is 62.0 cm³/mol. The Morgan fingerprint density at radius 3 is 2.39 bits per heavy atom. The summed E-state index contributed by atoms with van der Waals surface area (Å²) in [5.41, 5.74) is -1.47. The van der Waals surface area contributed by atoms with Crippen LogP contribution >= 0.6 is 0 Å². The van der Waals surface area contributed by atoms with E-state index in [2.05, 4.69) is 5.32 Å². The number of carbonyl (C=O) groups is 3. The SMILES string of the molecule is CC(C)(C)OC(=O)N1CC(CC(=O)O)(NC=O)C1. The van der Waals surface area contributed by atoms with Crippen LogP contribution in [-0.2, 0) is 14.3 Å². The van der Waals surface area contributed by atoms with E-state index in [0.29, 0.717) is 6.41 Å². The van der Waals surface area contributed by atoms with Crippen molar-refractivity contribution in [3.05, 3.63) is 0 Å². The molecule has 7 heteroatoms. The Balaban J connectivity index is 2.55. The average Bonchev–Trinajstić information content (AvgIpc) is 2.09. The lowest BCUT2D eigenvalue weighted by atomic mass is 9.87. The summed E-state index contributed by atoms with van der Waals surface area (Å²) in [4.78, 5) is 34.2. The molecule has 1 aliphatic rings. The van der Waals surface area contributed by atoms with Crippen LogP contribution in [0.5, 0.6) is 0 Å². The molecule has 1 heterocycles. The quantitative estimate of drug-likeness (QED) is 0.702. The van der Waals surface area contributed by atoms with Gasteiger partial charge >= 0.3 is 12.1 Å². The molecule has 2 amide bonds. The van der Waals surface area contributed by atoms with Gasteiger partial charge in [-0.1, -0.05) is 0 Å². The smallest absolute Gasteiger partial charge is 0.410 e. The number of likely N-dealkylation sites (tertiary alicyclic amines) is 1. The molecule has 2 N–H and O–H groups in total. The lowest BCUT2D eigenvalue weighted by molar-refractivity contribution is -0.141. The van der Waals surface area contributed by atoms with Crippen LogP contribution in [0.2, 0.25) is 0 Å². The van der Waals surface area contributed by atoms with Crippen LogP contribution in [0.25, 0.3) is 0 Å². The second kappa shape index (κ2) is 4.83. The van der Waals surface area contributed by atoms with Crippen LogP contribution < -0.4 is 5.32 Å². The zero-order valence-corrected chi connectivity index (χ0v) is 10.7. The van der Waals surface area contributed by atoms with Crippen LogP contribution in [0.3, 0.4) is 0 Å². The third kappa shape index (κ3) is 3.61. The Morgan fingerprint density at radius 2 is 2.00 bits per heavy atom. The van der Waals surface area contributed by atoms with E-state index < -0.39 is 23.2 Å². The Morgan fingerprint density at radius 1 is 1.44 bits per heavy atom. The fraction of sp³-hybridized carbons (Fsp3) is 0.727. The second-order valence-corrected chi connectivity index (χ2v) is 5.45. The number of nitrogens with one attached hydrogen (secondary N) is 1. The Bertz CT molecular complexity index is 355. The van der Waals surface area contributed by atoms with Crippen molar-refractivity contribution >= 4 is 18.5 Å². The van der Waals surface area contributed by atoms with E-state index in [9.17, 15) is 14.4 Å². The van der Waals surface area contributed by atoms with Gasteiger partial charge in [-0.25, -0.2) is 4.79 Å². The molecule has 0 aliphatic carbocycles. The van der Waals surface area contributed by atoms with Crippen molar-refractivity contribution in [2.24, 2.45) is 0 Å². The van der Waals surface area contributed by atoms with E-state index in [4.69, 9.17) is 9.84 Å². The summed E-state index contributed by atoms with van der Waals surface area (Å²) in [5, 5.41) is 11.2. The normalized spacial score (nSPS) is 17.6. The molecule has 0 aromatic heterocycles. The van der Waals surface area contributed by atoms with Gasteiger partial charge < -0.3 is 20.1 Å². The first-order chi connectivity index (χ1) is 8.17. The minimum absolute atomic E-state index is 0.146. The molecule has 0 saturated carbocycles. The van der Waals surface area contributed by atoms with Crippen molar-refractivity contribution in [1.82, 2.24) is 10.2 Å². The van der Waals surface area contributed by atoms with Crippen molar-refractivity contribution in [3.8, 4) is 0 Å². The third-order valence-electron chi connectivity index (χ3n) is 2.49. The van der Waals surface area contributed by atoms with Gasteiger partial charge in [-0.2, -0.15) is 0 Å². The fourth-order valence-corrected chi connectivity index (χ4v) is 1.81. The van der Waals surface area contributed by atoms with Crippen molar-refractivity contribution < 1.29 is 24.2 Å². The molecule has 102 valence electrons. The van der Waals surface area contributed by atoms with Crippen molar-refractivity contribution in [1.29, 1.82) is 0 Å².